The first-order valence-electron chi connectivity index (χ1n) is 9.55. The zero-order chi connectivity index (χ0) is 20.5. The number of hydrogen-bond acceptors (Lipinski definition) is 3. The van der Waals surface area contributed by atoms with Gasteiger partial charge in [0.15, 0.2) is 11.5 Å². The van der Waals surface area contributed by atoms with Crippen LogP contribution in [0, 0.1) is 0 Å². The van der Waals surface area contributed by atoms with Gasteiger partial charge in [-0.2, -0.15) is 0 Å². The summed E-state index contributed by atoms with van der Waals surface area (Å²) >= 11 is 3.54. The first-order chi connectivity index (χ1) is 13.4. The lowest BCUT2D eigenvalue weighted by Gasteiger charge is -2.13. The highest BCUT2D eigenvalue weighted by molar-refractivity contribution is 9.10. The number of methoxy groups -OCH3 is 1. The minimum absolute atomic E-state index is 0.0628. The Bertz CT molecular complexity index is 831. The minimum Gasteiger partial charge on any atom is -0.493 e. The highest BCUT2D eigenvalue weighted by Crippen LogP contribution is 2.29. The average molecular weight is 446 g/mol. The summed E-state index contributed by atoms with van der Waals surface area (Å²) in [5, 5.41) is 2.90. The van der Waals surface area contributed by atoms with E-state index in [-0.39, 0.29) is 12.0 Å². The van der Waals surface area contributed by atoms with Crippen LogP contribution in [-0.4, -0.2) is 19.1 Å². The third-order valence-corrected chi connectivity index (χ3v) is 4.74. The Morgan fingerprint density at radius 3 is 2.61 bits per heavy atom. The number of amides is 1. The van der Waals surface area contributed by atoms with Gasteiger partial charge in [0.25, 0.3) is 0 Å². The molecule has 0 fully saturated rings. The Balaban J connectivity index is 2.03. The molecule has 0 aromatic heterocycles. The molecule has 5 heteroatoms. The third kappa shape index (κ3) is 6.71. The van der Waals surface area contributed by atoms with Gasteiger partial charge in [0.2, 0.25) is 5.91 Å². The van der Waals surface area contributed by atoms with Crippen LogP contribution in [0.4, 0.5) is 5.69 Å². The van der Waals surface area contributed by atoms with Crippen molar-refractivity contribution in [1.82, 2.24) is 0 Å². The molecule has 0 spiro atoms. The molecule has 0 radical (unpaired) electrons. The molecule has 4 nitrogen and oxygen atoms in total. The van der Waals surface area contributed by atoms with Crippen molar-refractivity contribution in [2.75, 3.05) is 12.4 Å². The number of anilines is 1. The number of aryl methyl sites for hydroxylation is 1. The SMILES string of the molecule is CCCCc1ccc(NC(=O)/C=C/c2ccc(OC(C)C)c(OC)c2)c(Br)c1. The van der Waals surface area contributed by atoms with Crippen molar-refractivity contribution in [2.45, 2.75) is 46.1 Å². The van der Waals surface area contributed by atoms with Crippen LogP contribution in [0.5, 0.6) is 11.5 Å². The van der Waals surface area contributed by atoms with Gasteiger partial charge in [0.1, 0.15) is 0 Å². The average Bonchev–Trinajstić information content (AvgIpc) is 2.67. The summed E-state index contributed by atoms with van der Waals surface area (Å²) in [5.74, 6) is 1.14. The fourth-order valence-electron chi connectivity index (χ4n) is 2.68. The second-order valence-corrected chi connectivity index (χ2v) is 7.67. The smallest absolute Gasteiger partial charge is 0.248 e. The van der Waals surface area contributed by atoms with E-state index in [2.05, 4.69) is 40.3 Å². The van der Waals surface area contributed by atoms with Crippen molar-refractivity contribution in [3.05, 3.63) is 58.1 Å². The van der Waals surface area contributed by atoms with E-state index in [1.54, 1.807) is 13.2 Å². The molecule has 150 valence electrons. The molecule has 0 aliphatic rings. The van der Waals surface area contributed by atoms with E-state index in [4.69, 9.17) is 9.47 Å². The predicted octanol–water partition coefficient (Wildman–Crippen LogP) is 6.24. The molecule has 28 heavy (non-hydrogen) atoms. The maximum atomic E-state index is 12.3. The molecular weight excluding hydrogens is 418 g/mol. The Morgan fingerprint density at radius 2 is 1.96 bits per heavy atom. The van der Waals surface area contributed by atoms with E-state index in [1.807, 2.05) is 38.1 Å². The maximum Gasteiger partial charge on any atom is 0.248 e. The number of rotatable bonds is 9. The van der Waals surface area contributed by atoms with E-state index in [9.17, 15) is 4.79 Å². The van der Waals surface area contributed by atoms with Crippen LogP contribution >= 0.6 is 15.9 Å². The molecule has 2 rings (SSSR count). The molecule has 2 aromatic carbocycles. The van der Waals surface area contributed by atoms with Gasteiger partial charge in [0.05, 0.1) is 18.9 Å². The zero-order valence-electron chi connectivity index (χ0n) is 16.9. The Morgan fingerprint density at radius 1 is 1.18 bits per heavy atom. The molecule has 0 heterocycles. The molecule has 1 amide bonds. The Labute approximate surface area is 176 Å². The second kappa shape index (κ2) is 10.9. The van der Waals surface area contributed by atoms with Crippen LogP contribution in [0.1, 0.15) is 44.7 Å². The number of hydrogen-bond donors (Lipinski definition) is 1. The number of ether oxygens (including phenoxy) is 2. The number of carbonyl (C=O) groups excluding carboxylic acids is 1. The number of halogens is 1. The Kier molecular flexibility index (Phi) is 8.58. The predicted molar refractivity (Wildman–Crippen MR) is 119 cm³/mol. The van der Waals surface area contributed by atoms with Crippen molar-refractivity contribution in [1.29, 1.82) is 0 Å². The quantitative estimate of drug-likeness (QED) is 0.464. The number of benzene rings is 2. The molecule has 0 unspecified atom stereocenters. The zero-order valence-corrected chi connectivity index (χ0v) is 18.5. The number of unbranched alkanes of at least 4 members (excludes halogenated alkanes) is 1. The van der Waals surface area contributed by atoms with Crippen molar-refractivity contribution >= 4 is 33.6 Å². The molecule has 0 saturated heterocycles. The van der Waals surface area contributed by atoms with Gasteiger partial charge in [-0.3, -0.25) is 4.79 Å². The lowest BCUT2D eigenvalue weighted by molar-refractivity contribution is -0.111. The fraction of sp³-hybridized carbons (Fsp3) is 0.348. The van der Waals surface area contributed by atoms with Crippen LogP contribution < -0.4 is 14.8 Å². The van der Waals surface area contributed by atoms with Crippen LogP contribution in [-0.2, 0) is 11.2 Å². The highest BCUT2D eigenvalue weighted by Gasteiger charge is 2.07. The summed E-state index contributed by atoms with van der Waals surface area (Å²) in [7, 11) is 1.60. The third-order valence-electron chi connectivity index (χ3n) is 4.09. The van der Waals surface area contributed by atoms with Crippen LogP contribution in [0.15, 0.2) is 46.9 Å². The fourth-order valence-corrected chi connectivity index (χ4v) is 3.21. The van der Waals surface area contributed by atoms with Gasteiger partial charge in [0, 0.05) is 10.5 Å². The molecule has 0 atom stereocenters. The van der Waals surface area contributed by atoms with Gasteiger partial charge in [-0.15, -0.1) is 0 Å². The van der Waals surface area contributed by atoms with Gasteiger partial charge in [-0.25, -0.2) is 0 Å². The van der Waals surface area contributed by atoms with E-state index >= 15 is 0 Å². The van der Waals surface area contributed by atoms with Crippen LogP contribution in [0.2, 0.25) is 0 Å². The summed E-state index contributed by atoms with van der Waals surface area (Å²) < 4.78 is 12.0. The van der Waals surface area contributed by atoms with Crippen molar-refractivity contribution in [3.8, 4) is 11.5 Å². The summed E-state index contributed by atoms with van der Waals surface area (Å²) in [6, 6.07) is 11.6. The molecule has 0 saturated carbocycles. The molecule has 0 aliphatic heterocycles. The summed E-state index contributed by atoms with van der Waals surface area (Å²) in [4.78, 5) is 12.3. The lowest BCUT2D eigenvalue weighted by atomic mass is 10.1. The van der Waals surface area contributed by atoms with Crippen molar-refractivity contribution < 1.29 is 14.3 Å². The molecule has 1 N–H and O–H groups in total. The summed E-state index contributed by atoms with van der Waals surface area (Å²) in [5.41, 5.74) is 2.88. The molecule has 2 aromatic rings. The molecular formula is C23H28BrNO3. The monoisotopic (exact) mass is 445 g/mol. The van der Waals surface area contributed by atoms with Crippen molar-refractivity contribution in [2.24, 2.45) is 0 Å². The van der Waals surface area contributed by atoms with Gasteiger partial charge < -0.3 is 14.8 Å². The Hall–Kier alpha value is -2.27. The maximum absolute atomic E-state index is 12.3. The van der Waals surface area contributed by atoms with Gasteiger partial charge >= 0.3 is 0 Å². The van der Waals surface area contributed by atoms with E-state index < -0.39 is 0 Å². The van der Waals surface area contributed by atoms with Crippen LogP contribution in [0.25, 0.3) is 6.08 Å². The highest BCUT2D eigenvalue weighted by atomic mass is 79.9. The summed E-state index contributed by atoms with van der Waals surface area (Å²) in [6.45, 7) is 6.11. The van der Waals surface area contributed by atoms with E-state index in [0.717, 1.165) is 35.0 Å². The number of nitrogens with one attached hydrogen (secondary N) is 1. The second-order valence-electron chi connectivity index (χ2n) is 6.82. The first-order valence-corrected chi connectivity index (χ1v) is 10.3. The van der Waals surface area contributed by atoms with E-state index in [1.165, 1.54) is 11.6 Å². The lowest BCUT2D eigenvalue weighted by Crippen LogP contribution is -2.08. The minimum atomic E-state index is -0.191. The molecule has 0 aliphatic carbocycles. The van der Waals surface area contributed by atoms with Crippen molar-refractivity contribution in [3.63, 3.8) is 0 Å². The van der Waals surface area contributed by atoms with Gasteiger partial charge in [-0.05, 0) is 84.1 Å². The molecule has 0 bridgehead atoms. The normalized spacial score (nSPS) is 11.1. The van der Waals surface area contributed by atoms with E-state index in [0.29, 0.717) is 11.5 Å². The largest absolute Gasteiger partial charge is 0.493 e. The standard InChI is InChI=1S/C23H28BrNO3/c1-5-6-7-17-8-11-20(19(24)14-17)25-23(26)13-10-18-9-12-21(28-16(2)3)22(15-18)27-4/h8-16H,5-7H2,1-4H3,(H,25,26)/b13-10+. The number of carbonyl (C=O) groups is 1. The summed E-state index contributed by atoms with van der Waals surface area (Å²) in [6.07, 6.45) is 6.69. The van der Waals surface area contributed by atoms with Gasteiger partial charge in [-0.1, -0.05) is 25.5 Å². The topological polar surface area (TPSA) is 47.6 Å². The first kappa shape index (κ1) is 22.0. The van der Waals surface area contributed by atoms with Crippen LogP contribution in [0.3, 0.4) is 0 Å².